The molecule has 2 heterocycles. The average Bonchev–Trinajstić information content (AvgIpc) is 3.19. The normalized spacial score (nSPS) is 15.2. The van der Waals surface area contributed by atoms with Gasteiger partial charge in [-0.25, -0.2) is 9.48 Å². The number of fused-ring (bicyclic) bond motifs is 1. The lowest BCUT2D eigenvalue weighted by Crippen LogP contribution is -2.29. The van der Waals surface area contributed by atoms with Gasteiger partial charge in [0.1, 0.15) is 18.4 Å². The number of methoxy groups -OCH3 is 1. The summed E-state index contributed by atoms with van der Waals surface area (Å²) in [7, 11) is 1.37. The molecule has 1 N–H and O–H groups in total. The molecule has 0 saturated carbocycles. The van der Waals surface area contributed by atoms with Crippen LogP contribution in [0.1, 0.15) is 31.0 Å². The molecular weight excluding hydrogens is 448 g/mol. The van der Waals surface area contributed by atoms with Crippen molar-refractivity contribution >= 4 is 35.3 Å². The molecule has 0 radical (unpaired) electrons. The highest BCUT2D eigenvalue weighted by atomic mass is 35.5. The Kier molecular flexibility index (Phi) is 6.72. The van der Waals surface area contributed by atoms with Gasteiger partial charge in [0.05, 0.1) is 12.7 Å². The van der Waals surface area contributed by atoms with Gasteiger partial charge in [-0.05, 0) is 24.8 Å². The number of anilines is 1. The van der Waals surface area contributed by atoms with Crippen molar-refractivity contribution in [1.29, 1.82) is 0 Å². The summed E-state index contributed by atoms with van der Waals surface area (Å²) < 4.78 is 13.0. The number of esters is 1. The molecule has 3 aromatic rings. The van der Waals surface area contributed by atoms with Crippen LogP contribution in [0, 0.1) is 0 Å². The van der Waals surface area contributed by atoms with Gasteiger partial charge in [0.2, 0.25) is 11.1 Å². The SMILES string of the molecule is CCSc1nc2n(n1)C(c1ccccc1OCc1ccccc1Cl)C(C(=O)OC)=C(C)N2. The molecule has 9 heteroatoms. The summed E-state index contributed by atoms with van der Waals surface area (Å²) in [5, 5.41) is 9.12. The largest absolute Gasteiger partial charge is 0.488 e. The van der Waals surface area contributed by atoms with Gasteiger partial charge in [-0.3, -0.25) is 0 Å². The highest BCUT2D eigenvalue weighted by Crippen LogP contribution is 2.40. The minimum absolute atomic E-state index is 0.291. The second kappa shape index (κ2) is 9.67. The number of allylic oxidation sites excluding steroid dienone is 1. The zero-order valence-corrected chi connectivity index (χ0v) is 19.5. The standard InChI is InChI=1S/C23H23ClN4O3S/c1-4-32-23-26-22-25-14(2)19(21(29)30-3)20(28(22)27-23)16-10-6-8-12-18(16)31-13-15-9-5-7-11-17(15)24/h5-12,20H,4,13H2,1-3H3,(H,25,26,27). The van der Waals surface area contributed by atoms with Gasteiger partial charge < -0.3 is 14.8 Å². The van der Waals surface area contributed by atoms with Crippen LogP contribution in [-0.4, -0.2) is 33.6 Å². The minimum atomic E-state index is -0.556. The molecule has 0 amide bonds. The van der Waals surface area contributed by atoms with Gasteiger partial charge >= 0.3 is 5.97 Å². The summed E-state index contributed by atoms with van der Waals surface area (Å²) in [6, 6.07) is 14.6. The van der Waals surface area contributed by atoms with Crippen LogP contribution in [0.5, 0.6) is 5.75 Å². The second-order valence-corrected chi connectivity index (χ2v) is 8.71. The molecular formula is C23H23ClN4O3S. The van der Waals surface area contributed by atoms with Crippen LogP contribution >= 0.6 is 23.4 Å². The molecule has 1 unspecified atom stereocenters. The monoisotopic (exact) mass is 470 g/mol. The topological polar surface area (TPSA) is 78.3 Å². The van der Waals surface area contributed by atoms with Crippen LogP contribution in [0.4, 0.5) is 5.95 Å². The van der Waals surface area contributed by atoms with Crippen LogP contribution in [-0.2, 0) is 16.1 Å². The van der Waals surface area contributed by atoms with E-state index in [1.807, 2.05) is 62.4 Å². The number of ether oxygens (including phenoxy) is 2. The molecule has 4 rings (SSSR count). The third-order valence-electron chi connectivity index (χ3n) is 5.07. The van der Waals surface area contributed by atoms with Crippen molar-refractivity contribution in [3.05, 3.63) is 76.0 Å². The number of thioether (sulfide) groups is 1. The smallest absolute Gasteiger partial charge is 0.338 e. The molecule has 0 spiro atoms. The fourth-order valence-electron chi connectivity index (χ4n) is 3.59. The highest BCUT2D eigenvalue weighted by Gasteiger charge is 2.36. The Labute approximate surface area is 195 Å². The van der Waals surface area contributed by atoms with Gasteiger partial charge in [0.15, 0.2) is 0 Å². The molecule has 0 aliphatic carbocycles. The molecule has 7 nitrogen and oxygen atoms in total. The van der Waals surface area contributed by atoms with Crippen molar-refractivity contribution in [3.63, 3.8) is 0 Å². The Morgan fingerprint density at radius 2 is 1.97 bits per heavy atom. The van der Waals surface area contributed by atoms with E-state index in [0.29, 0.717) is 39.8 Å². The number of nitrogens with zero attached hydrogens (tertiary/aromatic N) is 3. The van der Waals surface area contributed by atoms with Gasteiger partial charge in [0.25, 0.3) is 0 Å². The van der Waals surface area contributed by atoms with Crippen LogP contribution in [0.15, 0.2) is 65.0 Å². The molecule has 0 saturated heterocycles. The predicted octanol–water partition coefficient (Wildman–Crippen LogP) is 5.08. The van der Waals surface area contributed by atoms with Crippen LogP contribution < -0.4 is 10.1 Å². The summed E-state index contributed by atoms with van der Waals surface area (Å²) in [4.78, 5) is 17.4. The fourth-order valence-corrected chi connectivity index (χ4v) is 4.34. The number of benzene rings is 2. The van der Waals surface area contributed by atoms with E-state index in [-0.39, 0.29) is 0 Å². The molecule has 0 fully saturated rings. The quantitative estimate of drug-likeness (QED) is 0.381. The van der Waals surface area contributed by atoms with E-state index in [4.69, 9.17) is 21.1 Å². The maximum absolute atomic E-state index is 12.8. The summed E-state index contributed by atoms with van der Waals surface area (Å²) in [6.07, 6.45) is 0. The predicted molar refractivity (Wildman–Crippen MR) is 125 cm³/mol. The fraction of sp³-hybridized carbons (Fsp3) is 0.261. The molecule has 32 heavy (non-hydrogen) atoms. The molecule has 1 atom stereocenters. The lowest BCUT2D eigenvalue weighted by molar-refractivity contribution is -0.136. The summed E-state index contributed by atoms with van der Waals surface area (Å²) in [5.74, 6) is 1.59. The van der Waals surface area contributed by atoms with Crippen molar-refractivity contribution in [1.82, 2.24) is 14.8 Å². The van der Waals surface area contributed by atoms with E-state index < -0.39 is 12.0 Å². The lowest BCUT2D eigenvalue weighted by Gasteiger charge is -2.29. The number of aromatic nitrogens is 3. The molecule has 1 aromatic heterocycles. The zero-order chi connectivity index (χ0) is 22.7. The van der Waals surface area contributed by atoms with Gasteiger partial charge in [-0.1, -0.05) is 66.7 Å². The number of nitrogens with one attached hydrogen (secondary N) is 1. The number of hydrogen-bond donors (Lipinski definition) is 1. The van der Waals surface area contributed by atoms with E-state index in [1.165, 1.54) is 18.9 Å². The van der Waals surface area contributed by atoms with Crippen molar-refractivity contribution < 1.29 is 14.3 Å². The maximum atomic E-state index is 12.8. The molecule has 1 aliphatic rings. The minimum Gasteiger partial charge on any atom is -0.488 e. The molecule has 1 aliphatic heterocycles. The van der Waals surface area contributed by atoms with Gasteiger partial charge in [-0.2, -0.15) is 4.98 Å². The van der Waals surface area contributed by atoms with E-state index in [1.54, 1.807) is 4.68 Å². The summed E-state index contributed by atoms with van der Waals surface area (Å²) >= 11 is 7.83. The number of carbonyl (C=O) groups excluding carboxylic acids is 1. The molecule has 166 valence electrons. The highest BCUT2D eigenvalue weighted by molar-refractivity contribution is 7.99. The van der Waals surface area contributed by atoms with Gasteiger partial charge in [0, 0.05) is 21.8 Å². The van der Waals surface area contributed by atoms with Crippen LogP contribution in [0.3, 0.4) is 0 Å². The zero-order valence-electron chi connectivity index (χ0n) is 18.0. The van der Waals surface area contributed by atoms with Crippen molar-refractivity contribution in [2.75, 3.05) is 18.2 Å². The van der Waals surface area contributed by atoms with Crippen LogP contribution in [0.25, 0.3) is 0 Å². The summed E-state index contributed by atoms with van der Waals surface area (Å²) in [5.41, 5.74) is 2.76. The van der Waals surface area contributed by atoms with E-state index in [0.717, 1.165) is 16.9 Å². The van der Waals surface area contributed by atoms with E-state index in [9.17, 15) is 4.79 Å². The molecule has 0 bridgehead atoms. The first-order valence-corrected chi connectivity index (χ1v) is 11.5. The first-order chi connectivity index (χ1) is 15.5. The maximum Gasteiger partial charge on any atom is 0.338 e. The number of para-hydroxylation sites is 1. The number of halogens is 1. The number of rotatable bonds is 7. The third-order valence-corrected chi connectivity index (χ3v) is 6.16. The third kappa shape index (κ3) is 4.33. The second-order valence-electron chi connectivity index (χ2n) is 7.07. The van der Waals surface area contributed by atoms with Crippen molar-refractivity contribution in [2.45, 2.75) is 31.7 Å². The van der Waals surface area contributed by atoms with Crippen molar-refractivity contribution in [3.8, 4) is 5.75 Å². The van der Waals surface area contributed by atoms with Gasteiger partial charge in [-0.15, -0.1) is 5.10 Å². The Morgan fingerprint density at radius 1 is 1.22 bits per heavy atom. The summed E-state index contributed by atoms with van der Waals surface area (Å²) in [6.45, 7) is 4.16. The number of carbonyl (C=O) groups is 1. The Morgan fingerprint density at radius 3 is 2.72 bits per heavy atom. The average molecular weight is 471 g/mol. The van der Waals surface area contributed by atoms with E-state index in [2.05, 4.69) is 15.4 Å². The number of hydrogen-bond acceptors (Lipinski definition) is 7. The first kappa shape index (κ1) is 22.2. The Bertz CT molecular complexity index is 1180. The van der Waals surface area contributed by atoms with Crippen molar-refractivity contribution in [2.24, 2.45) is 0 Å². The Balaban J connectivity index is 1.78. The molecule has 2 aromatic carbocycles. The van der Waals surface area contributed by atoms with E-state index >= 15 is 0 Å². The Hall–Kier alpha value is -2.97. The first-order valence-electron chi connectivity index (χ1n) is 10.1. The lowest BCUT2D eigenvalue weighted by atomic mass is 9.95. The van der Waals surface area contributed by atoms with Crippen LogP contribution in [0.2, 0.25) is 5.02 Å².